The summed E-state index contributed by atoms with van der Waals surface area (Å²) < 4.78 is 38.7. The number of hydrogen-bond donors (Lipinski definition) is 4. The van der Waals surface area contributed by atoms with Crippen LogP contribution in [-0.2, 0) is 6.18 Å². The lowest BCUT2D eigenvalue weighted by Crippen LogP contribution is -2.51. The van der Waals surface area contributed by atoms with Gasteiger partial charge in [0.25, 0.3) is 0 Å². The second-order valence-electron chi connectivity index (χ2n) is 9.76. The number of aliphatic imine (C=N–C) groups is 1. The number of anilines is 1. The van der Waals surface area contributed by atoms with Crippen molar-refractivity contribution < 1.29 is 18.3 Å². The Hall–Kier alpha value is -2.88. The maximum absolute atomic E-state index is 12.9. The van der Waals surface area contributed by atoms with Crippen LogP contribution in [-0.4, -0.2) is 38.7 Å². The maximum atomic E-state index is 12.9. The van der Waals surface area contributed by atoms with E-state index < -0.39 is 18.0 Å². The van der Waals surface area contributed by atoms with Crippen molar-refractivity contribution in [1.82, 2.24) is 20.6 Å². The molecule has 1 aromatic heterocycles. The number of halogens is 3. The van der Waals surface area contributed by atoms with Gasteiger partial charge in [-0.05, 0) is 63.6 Å². The van der Waals surface area contributed by atoms with E-state index in [0.717, 1.165) is 63.5 Å². The Morgan fingerprint density at radius 3 is 2.29 bits per heavy atom. The molecule has 2 aliphatic rings. The van der Waals surface area contributed by atoms with Gasteiger partial charge in [0, 0.05) is 29.5 Å². The number of aliphatic hydroxyl groups excluding tert-OH is 1. The maximum Gasteiger partial charge on any atom is 0.416 e. The first kappa shape index (κ1) is 25.2. The Labute approximate surface area is 203 Å². The summed E-state index contributed by atoms with van der Waals surface area (Å²) in [5.41, 5.74) is -0.528. The number of benzene rings is 1. The number of rotatable bonds is 6. The van der Waals surface area contributed by atoms with Crippen LogP contribution >= 0.6 is 0 Å². The molecule has 1 unspecified atom stereocenters. The lowest BCUT2D eigenvalue weighted by atomic mass is 9.91. The fourth-order valence-corrected chi connectivity index (χ4v) is 4.83. The zero-order chi connectivity index (χ0) is 24.9. The summed E-state index contributed by atoms with van der Waals surface area (Å²) in [5, 5.41) is 20.6. The third-order valence-corrected chi connectivity index (χ3v) is 6.86. The molecular formula is C25H33F3N6O. The van der Waals surface area contributed by atoms with Crippen molar-refractivity contribution in [2.24, 2.45) is 4.99 Å². The highest BCUT2D eigenvalue weighted by molar-refractivity contribution is 5.81. The molecule has 0 spiro atoms. The van der Waals surface area contributed by atoms with Gasteiger partial charge >= 0.3 is 6.18 Å². The predicted molar refractivity (Wildman–Crippen MR) is 129 cm³/mol. The molecule has 0 bridgehead atoms. The second kappa shape index (κ2) is 10.8. The van der Waals surface area contributed by atoms with Crippen molar-refractivity contribution in [3.63, 3.8) is 0 Å². The normalized spacial score (nSPS) is 23.5. The summed E-state index contributed by atoms with van der Waals surface area (Å²) in [5.74, 6) is 1.11. The Bertz CT molecular complexity index is 969. The Kier molecular flexibility index (Phi) is 7.78. The van der Waals surface area contributed by atoms with Gasteiger partial charge in [-0.15, -0.1) is 0 Å². The van der Waals surface area contributed by atoms with Gasteiger partial charge in [-0.25, -0.2) is 15.0 Å². The van der Waals surface area contributed by atoms with Crippen molar-refractivity contribution >= 4 is 11.9 Å². The number of aromatic nitrogens is 2. The van der Waals surface area contributed by atoms with Gasteiger partial charge < -0.3 is 21.1 Å². The molecule has 7 nitrogen and oxygen atoms in total. The molecule has 4 N–H and O–H groups in total. The minimum absolute atomic E-state index is 0.0737. The average Bonchev–Trinajstić information content (AvgIpc) is 3.26. The molecule has 0 aliphatic heterocycles. The molecule has 2 saturated carbocycles. The molecule has 10 heteroatoms. The summed E-state index contributed by atoms with van der Waals surface area (Å²) in [6, 6.07) is 6.67. The highest BCUT2D eigenvalue weighted by Crippen LogP contribution is 2.31. The summed E-state index contributed by atoms with van der Waals surface area (Å²) in [7, 11) is 0. The molecule has 0 radical (unpaired) electrons. The third-order valence-electron chi connectivity index (χ3n) is 6.86. The number of hydrogen-bond acceptors (Lipinski definition) is 5. The summed E-state index contributed by atoms with van der Waals surface area (Å²) in [4.78, 5) is 13.4. The molecule has 0 saturated heterocycles. The van der Waals surface area contributed by atoms with Gasteiger partial charge in [-0.1, -0.05) is 25.0 Å². The zero-order valence-corrected chi connectivity index (χ0v) is 19.9. The number of alkyl halides is 3. The molecule has 1 heterocycles. The van der Waals surface area contributed by atoms with E-state index in [2.05, 4.69) is 32.8 Å². The van der Waals surface area contributed by atoms with E-state index in [1.54, 1.807) is 18.5 Å². The van der Waals surface area contributed by atoms with Gasteiger partial charge in [-0.3, -0.25) is 0 Å². The first-order valence-electron chi connectivity index (χ1n) is 12.2. The average molecular weight is 491 g/mol. The van der Waals surface area contributed by atoms with Crippen LogP contribution in [0.15, 0.2) is 47.7 Å². The van der Waals surface area contributed by atoms with Crippen LogP contribution in [0.25, 0.3) is 0 Å². The van der Waals surface area contributed by atoms with E-state index in [1.807, 2.05) is 0 Å². The van der Waals surface area contributed by atoms with Crippen LogP contribution in [0, 0.1) is 0 Å². The number of aliphatic hydroxyl groups is 1. The van der Waals surface area contributed by atoms with E-state index in [0.29, 0.717) is 17.5 Å². The third kappa shape index (κ3) is 7.06. The fraction of sp³-hybridized carbons (Fsp3) is 0.560. The van der Waals surface area contributed by atoms with Crippen molar-refractivity contribution in [2.75, 3.05) is 5.32 Å². The van der Waals surface area contributed by atoms with E-state index in [-0.39, 0.29) is 17.6 Å². The van der Waals surface area contributed by atoms with Crippen LogP contribution in [0.5, 0.6) is 0 Å². The van der Waals surface area contributed by atoms with Crippen molar-refractivity contribution in [3.05, 3.63) is 53.9 Å². The molecular weight excluding hydrogens is 457 g/mol. The Balaban J connectivity index is 1.41. The lowest BCUT2D eigenvalue weighted by molar-refractivity contribution is -0.137. The van der Waals surface area contributed by atoms with E-state index in [1.165, 1.54) is 12.1 Å². The fourth-order valence-electron chi connectivity index (χ4n) is 4.83. The molecule has 1 aromatic carbocycles. The van der Waals surface area contributed by atoms with E-state index in [4.69, 9.17) is 4.99 Å². The Morgan fingerprint density at radius 2 is 1.69 bits per heavy atom. The van der Waals surface area contributed by atoms with Gasteiger partial charge in [0.15, 0.2) is 12.2 Å². The van der Waals surface area contributed by atoms with Crippen LogP contribution in [0.3, 0.4) is 0 Å². The summed E-state index contributed by atoms with van der Waals surface area (Å²) in [6.45, 7) is 2.14. The second-order valence-corrected chi connectivity index (χ2v) is 9.76. The lowest BCUT2D eigenvalue weighted by Gasteiger charge is -2.32. The first-order chi connectivity index (χ1) is 16.7. The van der Waals surface area contributed by atoms with Gasteiger partial charge in [0.1, 0.15) is 0 Å². The molecule has 0 amide bonds. The SMILES string of the molecule is CC1(NC(=NC2CCC(Nc3ncccn3)CC2)NC(O)c2ccc(C(F)(F)F)cc2)CCCC1. The smallest absolute Gasteiger partial charge is 0.369 e. The molecule has 190 valence electrons. The minimum Gasteiger partial charge on any atom is -0.369 e. The number of nitrogens with one attached hydrogen (secondary N) is 3. The molecule has 4 rings (SSSR count). The van der Waals surface area contributed by atoms with Crippen molar-refractivity contribution in [1.29, 1.82) is 0 Å². The monoisotopic (exact) mass is 490 g/mol. The molecule has 1 atom stereocenters. The van der Waals surface area contributed by atoms with Crippen molar-refractivity contribution in [3.8, 4) is 0 Å². The van der Waals surface area contributed by atoms with Crippen LogP contribution < -0.4 is 16.0 Å². The number of nitrogens with zero attached hydrogens (tertiary/aromatic N) is 3. The number of guanidine groups is 1. The minimum atomic E-state index is -4.41. The van der Waals surface area contributed by atoms with Crippen LogP contribution in [0.4, 0.5) is 19.1 Å². The van der Waals surface area contributed by atoms with Crippen LogP contribution in [0.1, 0.15) is 75.6 Å². The topological polar surface area (TPSA) is 94.5 Å². The Morgan fingerprint density at radius 1 is 1.06 bits per heavy atom. The predicted octanol–water partition coefficient (Wildman–Crippen LogP) is 4.78. The van der Waals surface area contributed by atoms with Crippen LogP contribution in [0.2, 0.25) is 0 Å². The highest BCUT2D eigenvalue weighted by Gasteiger charge is 2.32. The van der Waals surface area contributed by atoms with Gasteiger partial charge in [0.2, 0.25) is 5.95 Å². The van der Waals surface area contributed by atoms with Gasteiger partial charge in [-0.2, -0.15) is 13.2 Å². The molecule has 2 aliphatic carbocycles. The van der Waals surface area contributed by atoms with Gasteiger partial charge in [0.05, 0.1) is 11.6 Å². The molecule has 35 heavy (non-hydrogen) atoms. The van der Waals surface area contributed by atoms with E-state index >= 15 is 0 Å². The van der Waals surface area contributed by atoms with Crippen molar-refractivity contribution in [2.45, 2.75) is 88.3 Å². The van der Waals surface area contributed by atoms with E-state index in [9.17, 15) is 18.3 Å². The summed E-state index contributed by atoms with van der Waals surface area (Å²) in [6.07, 6.45) is 5.62. The molecule has 2 aromatic rings. The standard InChI is InChI=1S/C25H33F3N6O/c1-24(13-2-3-14-24)34-23(33-21(35)17-5-7-18(8-6-17)25(26,27)28)32-20-11-9-19(10-12-20)31-22-29-15-4-16-30-22/h4-8,15-16,19-21,35H,2-3,9-14H2,1H3,(H,29,30,31)(H2,32,33,34). The highest BCUT2D eigenvalue weighted by atomic mass is 19.4. The molecule has 2 fully saturated rings. The first-order valence-corrected chi connectivity index (χ1v) is 12.2. The largest absolute Gasteiger partial charge is 0.416 e. The summed E-state index contributed by atoms with van der Waals surface area (Å²) >= 11 is 0. The zero-order valence-electron chi connectivity index (χ0n) is 19.9. The quantitative estimate of drug-likeness (QED) is 0.265.